The van der Waals surface area contributed by atoms with Gasteiger partial charge in [0.1, 0.15) is 11.0 Å². The van der Waals surface area contributed by atoms with E-state index in [-0.39, 0.29) is 16.9 Å². The van der Waals surface area contributed by atoms with E-state index in [0.29, 0.717) is 18.5 Å². The average Bonchev–Trinajstić information content (AvgIpc) is 2.73. The molecule has 0 aliphatic rings. The Labute approximate surface area is 115 Å². The van der Waals surface area contributed by atoms with Crippen molar-refractivity contribution in [2.24, 2.45) is 7.05 Å². The maximum absolute atomic E-state index is 11.9. The molecule has 0 aliphatic carbocycles. The van der Waals surface area contributed by atoms with Crippen LogP contribution in [0.5, 0.6) is 0 Å². The van der Waals surface area contributed by atoms with E-state index in [0.717, 1.165) is 5.69 Å². The molecule has 0 bridgehead atoms. The normalized spacial score (nSPS) is 10.4. The predicted octanol–water partition coefficient (Wildman–Crippen LogP) is 1.02. The Hall–Kier alpha value is -2.08. The van der Waals surface area contributed by atoms with E-state index in [2.05, 4.69) is 15.4 Å². The Kier molecular flexibility index (Phi) is 4.01. The van der Waals surface area contributed by atoms with Crippen molar-refractivity contribution >= 4 is 23.3 Å². The number of halogens is 1. The van der Waals surface area contributed by atoms with E-state index in [9.17, 15) is 4.79 Å². The van der Waals surface area contributed by atoms with Crippen molar-refractivity contribution in [2.45, 2.75) is 6.42 Å². The lowest BCUT2D eigenvalue weighted by Crippen LogP contribution is -2.26. The Morgan fingerprint density at radius 2 is 2.32 bits per heavy atom. The molecule has 2 heterocycles. The molecule has 0 atom stereocenters. The Morgan fingerprint density at radius 3 is 2.95 bits per heavy atom. The minimum atomic E-state index is -0.230. The number of anilines is 1. The van der Waals surface area contributed by atoms with Crippen LogP contribution in [0.4, 0.5) is 5.82 Å². The fourth-order valence-electron chi connectivity index (χ4n) is 1.65. The number of aryl methyl sites for hydroxylation is 1. The minimum Gasteiger partial charge on any atom is -0.384 e. The van der Waals surface area contributed by atoms with Crippen LogP contribution in [0.25, 0.3) is 0 Å². The first-order valence-corrected chi connectivity index (χ1v) is 6.12. The minimum absolute atomic E-state index is 0.204. The number of carbonyl (C=O) groups is 1. The highest BCUT2D eigenvalue weighted by atomic mass is 35.5. The van der Waals surface area contributed by atoms with Crippen molar-refractivity contribution in [1.29, 1.82) is 0 Å². The standard InChI is InChI=1S/C12H14ClN5O/c1-18-5-3-9(17-18)2-4-15-12(19)8-6-10(13)16-11(14)7-8/h3,5-7H,2,4H2,1H3,(H2,14,16)(H,15,19). The summed E-state index contributed by atoms with van der Waals surface area (Å²) in [4.78, 5) is 15.7. The summed E-state index contributed by atoms with van der Waals surface area (Å²) in [6.45, 7) is 0.496. The molecular formula is C12H14ClN5O. The first-order valence-electron chi connectivity index (χ1n) is 5.74. The molecular weight excluding hydrogens is 266 g/mol. The van der Waals surface area contributed by atoms with Crippen molar-refractivity contribution in [3.8, 4) is 0 Å². The molecule has 0 aliphatic heterocycles. The maximum atomic E-state index is 11.9. The summed E-state index contributed by atoms with van der Waals surface area (Å²) in [6.07, 6.45) is 2.53. The first kappa shape index (κ1) is 13.4. The number of carbonyl (C=O) groups excluding carboxylic acids is 1. The molecule has 0 fully saturated rings. The molecule has 0 unspecified atom stereocenters. The molecule has 1 amide bonds. The highest BCUT2D eigenvalue weighted by Crippen LogP contribution is 2.11. The maximum Gasteiger partial charge on any atom is 0.251 e. The first-order chi connectivity index (χ1) is 9.04. The average molecular weight is 280 g/mol. The van der Waals surface area contributed by atoms with E-state index >= 15 is 0 Å². The molecule has 0 radical (unpaired) electrons. The van der Waals surface area contributed by atoms with Crippen LogP contribution in [0.2, 0.25) is 5.15 Å². The largest absolute Gasteiger partial charge is 0.384 e. The van der Waals surface area contributed by atoms with Crippen LogP contribution in [0, 0.1) is 0 Å². The second-order valence-electron chi connectivity index (χ2n) is 4.09. The summed E-state index contributed by atoms with van der Waals surface area (Å²) in [6, 6.07) is 4.88. The molecule has 19 heavy (non-hydrogen) atoms. The molecule has 3 N–H and O–H groups in total. The Balaban J connectivity index is 1.90. The van der Waals surface area contributed by atoms with Crippen LogP contribution in [0.1, 0.15) is 16.1 Å². The number of nitrogens with zero attached hydrogens (tertiary/aromatic N) is 3. The van der Waals surface area contributed by atoms with Crippen LogP contribution in [0.15, 0.2) is 24.4 Å². The van der Waals surface area contributed by atoms with E-state index in [4.69, 9.17) is 17.3 Å². The third kappa shape index (κ3) is 3.69. The number of hydrogen-bond donors (Lipinski definition) is 2. The zero-order valence-corrected chi connectivity index (χ0v) is 11.2. The Morgan fingerprint density at radius 1 is 1.53 bits per heavy atom. The van der Waals surface area contributed by atoms with Gasteiger partial charge in [-0.05, 0) is 18.2 Å². The van der Waals surface area contributed by atoms with Gasteiger partial charge in [-0.3, -0.25) is 9.48 Å². The van der Waals surface area contributed by atoms with Crippen LogP contribution in [0.3, 0.4) is 0 Å². The molecule has 2 aromatic heterocycles. The van der Waals surface area contributed by atoms with Crippen molar-refractivity contribution < 1.29 is 4.79 Å². The fraction of sp³-hybridized carbons (Fsp3) is 0.250. The molecule has 0 spiro atoms. The van der Waals surface area contributed by atoms with Crippen molar-refractivity contribution in [2.75, 3.05) is 12.3 Å². The highest BCUT2D eigenvalue weighted by Gasteiger charge is 2.08. The number of nitrogens with two attached hydrogens (primary N) is 1. The van der Waals surface area contributed by atoms with Gasteiger partial charge in [0.2, 0.25) is 0 Å². The number of aromatic nitrogens is 3. The van der Waals surface area contributed by atoms with E-state index in [1.807, 2.05) is 19.3 Å². The van der Waals surface area contributed by atoms with Crippen molar-refractivity contribution in [3.05, 3.63) is 40.8 Å². The van der Waals surface area contributed by atoms with Crippen LogP contribution >= 0.6 is 11.6 Å². The van der Waals surface area contributed by atoms with Gasteiger partial charge >= 0.3 is 0 Å². The molecule has 100 valence electrons. The smallest absolute Gasteiger partial charge is 0.251 e. The fourth-order valence-corrected chi connectivity index (χ4v) is 1.87. The molecule has 2 aromatic rings. The molecule has 0 saturated carbocycles. The van der Waals surface area contributed by atoms with E-state index in [1.165, 1.54) is 12.1 Å². The quantitative estimate of drug-likeness (QED) is 0.818. The van der Waals surface area contributed by atoms with Gasteiger partial charge < -0.3 is 11.1 Å². The second-order valence-corrected chi connectivity index (χ2v) is 4.48. The van der Waals surface area contributed by atoms with E-state index in [1.54, 1.807) is 4.68 Å². The summed E-state index contributed by atoms with van der Waals surface area (Å²) in [5, 5.41) is 7.21. The summed E-state index contributed by atoms with van der Waals surface area (Å²) in [5.74, 6) is -0.00527. The van der Waals surface area contributed by atoms with Crippen molar-refractivity contribution in [1.82, 2.24) is 20.1 Å². The Bertz CT molecular complexity index is 575. The van der Waals surface area contributed by atoms with Gasteiger partial charge in [0.15, 0.2) is 0 Å². The lowest BCUT2D eigenvalue weighted by Gasteiger charge is -2.05. The highest BCUT2D eigenvalue weighted by molar-refractivity contribution is 6.29. The van der Waals surface area contributed by atoms with Crippen molar-refractivity contribution in [3.63, 3.8) is 0 Å². The zero-order chi connectivity index (χ0) is 13.8. The molecule has 7 heteroatoms. The summed E-state index contributed by atoms with van der Waals surface area (Å²) in [7, 11) is 1.85. The summed E-state index contributed by atoms with van der Waals surface area (Å²) in [5.41, 5.74) is 6.86. The van der Waals surface area contributed by atoms with Crippen LogP contribution in [-0.4, -0.2) is 27.2 Å². The predicted molar refractivity (Wildman–Crippen MR) is 72.9 cm³/mol. The van der Waals surface area contributed by atoms with Crippen LogP contribution < -0.4 is 11.1 Å². The summed E-state index contributed by atoms with van der Waals surface area (Å²) < 4.78 is 1.72. The zero-order valence-electron chi connectivity index (χ0n) is 10.4. The van der Waals surface area contributed by atoms with Gasteiger partial charge in [0, 0.05) is 31.8 Å². The third-order valence-electron chi connectivity index (χ3n) is 2.51. The molecule has 6 nitrogen and oxygen atoms in total. The number of rotatable bonds is 4. The van der Waals surface area contributed by atoms with Gasteiger partial charge in [-0.15, -0.1) is 0 Å². The van der Waals surface area contributed by atoms with Gasteiger partial charge in [0.25, 0.3) is 5.91 Å². The SMILES string of the molecule is Cn1ccc(CCNC(=O)c2cc(N)nc(Cl)c2)n1. The molecule has 2 rings (SSSR count). The second kappa shape index (κ2) is 5.71. The van der Waals surface area contributed by atoms with E-state index < -0.39 is 0 Å². The van der Waals surface area contributed by atoms with Gasteiger partial charge in [-0.25, -0.2) is 4.98 Å². The van der Waals surface area contributed by atoms with Crippen LogP contribution in [-0.2, 0) is 13.5 Å². The number of pyridine rings is 1. The molecule has 0 aromatic carbocycles. The summed E-state index contributed by atoms with van der Waals surface area (Å²) >= 11 is 5.74. The van der Waals surface area contributed by atoms with Gasteiger partial charge in [0.05, 0.1) is 5.69 Å². The topological polar surface area (TPSA) is 85.8 Å². The number of nitrogens with one attached hydrogen (secondary N) is 1. The lowest BCUT2D eigenvalue weighted by molar-refractivity contribution is 0.0954. The molecule has 0 saturated heterocycles. The number of hydrogen-bond acceptors (Lipinski definition) is 4. The van der Waals surface area contributed by atoms with Gasteiger partial charge in [-0.1, -0.05) is 11.6 Å². The number of nitrogen functional groups attached to an aromatic ring is 1. The monoisotopic (exact) mass is 279 g/mol. The van der Waals surface area contributed by atoms with Gasteiger partial charge in [-0.2, -0.15) is 5.10 Å². The number of amides is 1. The third-order valence-corrected chi connectivity index (χ3v) is 2.71. The lowest BCUT2D eigenvalue weighted by atomic mass is 10.2.